The number of rotatable bonds is 6. The SMILES string of the molecule is CCC[NH+]1CCC(NC(=O)c2ccc(N3CCCCCC3)c([N+](=O)[O-])c2)CC1. The number of anilines is 1. The van der Waals surface area contributed by atoms with Gasteiger partial charge in [0.15, 0.2) is 0 Å². The number of hydrogen-bond acceptors (Lipinski definition) is 4. The molecule has 28 heavy (non-hydrogen) atoms. The van der Waals surface area contributed by atoms with E-state index >= 15 is 0 Å². The third-order valence-corrected chi connectivity index (χ3v) is 6.01. The van der Waals surface area contributed by atoms with E-state index in [4.69, 9.17) is 0 Å². The molecule has 0 aliphatic carbocycles. The maximum atomic E-state index is 12.7. The molecule has 0 bridgehead atoms. The fraction of sp³-hybridized carbons (Fsp3) is 0.667. The van der Waals surface area contributed by atoms with Crippen molar-refractivity contribution in [1.29, 1.82) is 0 Å². The lowest BCUT2D eigenvalue weighted by molar-refractivity contribution is -0.905. The molecule has 1 aromatic carbocycles. The van der Waals surface area contributed by atoms with E-state index < -0.39 is 0 Å². The lowest BCUT2D eigenvalue weighted by atomic mass is 10.0. The number of benzene rings is 1. The Kier molecular flexibility index (Phi) is 7.25. The van der Waals surface area contributed by atoms with Crippen LogP contribution in [0.4, 0.5) is 11.4 Å². The van der Waals surface area contributed by atoms with E-state index in [1.54, 1.807) is 17.0 Å². The predicted molar refractivity (Wildman–Crippen MR) is 110 cm³/mol. The Morgan fingerprint density at radius 1 is 1.21 bits per heavy atom. The fourth-order valence-electron chi connectivity index (χ4n) is 4.43. The van der Waals surface area contributed by atoms with Crippen molar-refractivity contribution in [2.24, 2.45) is 0 Å². The van der Waals surface area contributed by atoms with Crippen LogP contribution in [-0.2, 0) is 0 Å². The number of likely N-dealkylation sites (tertiary alicyclic amines) is 1. The molecule has 3 rings (SSSR count). The Bertz CT molecular complexity index is 678. The van der Waals surface area contributed by atoms with Gasteiger partial charge in [-0.3, -0.25) is 14.9 Å². The van der Waals surface area contributed by atoms with Crippen molar-refractivity contribution in [3.05, 3.63) is 33.9 Å². The van der Waals surface area contributed by atoms with Crippen LogP contribution in [0, 0.1) is 10.1 Å². The van der Waals surface area contributed by atoms with Gasteiger partial charge < -0.3 is 15.1 Å². The summed E-state index contributed by atoms with van der Waals surface area (Å²) in [5, 5.41) is 14.7. The van der Waals surface area contributed by atoms with Crippen LogP contribution in [0.5, 0.6) is 0 Å². The number of nitrogens with one attached hydrogen (secondary N) is 2. The van der Waals surface area contributed by atoms with Gasteiger partial charge in [0, 0.05) is 43.6 Å². The van der Waals surface area contributed by atoms with Gasteiger partial charge in [-0.15, -0.1) is 0 Å². The molecular weight excluding hydrogens is 356 g/mol. The van der Waals surface area contributed by atoms with Crippen molar-refractivity contribution in [3.63, 3.8) is 0 Å². The standard InChI is InChI=1S/C21H32N4O3/c1-2-11-23-14-9-18(10-15-23)22-21(26)17-7-8-19(20(16-17)25(27)28)24-12-5-3-4-6-13-24/h7-8,16,18H,2-6,9-15H2,1H3,(H,22,26)/p+1. The molecule has 0 atom stereocenters. The van der Waals surface area contributed by atoms with Gasteiger partial charge in [-0.05, 0) is 31.4 Å². The Hall–Kier alpha value is -2.15. The van der Waals surface area contributed by atoms with Gasteiger partial charge in [0.1, 0.15) is 5.69 Å². The molecule has 7 nitrogen and oxygen atoms in total. The van der Waals surface area contributed by atoms with Gasteiger partial charge in [0.05, 0.1) is 24.6 Å². The number of piperidine rings is 1. The van der Waals surface area contributed by atoms with Gasteiger partial charge in [0.2, 0.25) is 0 Å². The molecule has 2 aliphatic heterocycles. The highest BCUT2D eigenvalue weighted by Gasteiger charge is 2.26. The van der Waals surface area contributed by atoms with Crippen molar-refractivity contribution in [1.82, 2.24) is 5.32 Å². The minimum atomic E-state index is -0.358. The van der Waals surface area contributed by atoms with Gasteiger partial charge in [-0.25, -0.2) is 0 Å². The van der Waals surface area contributed by atoms with Crippen molar-refractivity contribution >= 4 is 17.3 Å². The fourth-order valence-corrected chi connectivity index (χ4v) is 4.43. The quantitative estimate of drug-likeness (QED) is 0.577. The Labute approximate surface area is 167 Å². The average molecular weight is 390 g/mol. The highest BCUT2D eigenvalue weighted by atomic mass is 16.6. The second-order valence-corrected chi connectivity index (χ2v) is 8.11. The van der Waals surface area contributed by atoms with Crippen LogP contribution < -0.4 is 15.1 Å². The largest absolute Gasteiger partial charge is 0.366 e. The first-order valence-corrected chi connectivity index (χ1v) is 10.8. The monoisotopic (exact) mass is 389 g/mol. The summed E-state index contributed by atoms with van der Waals surface area (Å²) in [6.45, 7) is 7.21. The molecule has 7 heteroatoms. The van der Waals surface area contributed by atoms with Gasteiger partial charge in [-0.2, -0.15) is 0 Å². The second-order valence-electron chi connectivity index (χ2n) is 8.11. The number of quaternary nitrogens is 1. The van der Waals surface area contributed by atoms with Crippen LogP contribution in [0.15, 0.2) is 18.2 Å². The number of nitrogens with zero attached hydrogens (tertiary/aromatic N) is 2. The summed E-state index contributed by atoms with van der Waals surface area (Å²) >= 11 is 0. The molecule has 0 radical (unpaired) electrons. The first-order valence-electron chi connectivity index (χ1n) is 10.8. The molecule has 0 saturated carbocycles. The molecule has 0 aromatic heterocycles. The Balaban J connectivity index is 1.67. The van der Waals surface area contributed by atoms with Crippen LogP contribution in [-0.4, -0.2) is 49.6 Å². The van der Waals surface area contributed by atoms with E-state index in [1.165, 1.54) is 31.9 Å². The number of nitro groups is 1. The molecule has 2 N–H and O–H groups in total. The summed E-state index contributed by atoms with van der Waals surface area (Å²) in [6.07, 6.45) is 7.56. The maximum absolute atomic E-state index is 12.7. The Morgan fingerprint density at radius 3 is 2.50 bits per heavy atom. The van der Waals surface area contributed by atoms with Crippen molar-refractivity contribution in [2.45, 2.75) is 57.9 Å². The summed E-state index contributed by atoms with van der Waals surface area (Å²) in [5.74, 6) is -0.200. The van der Waals surface area contributed by atoms with Gasteiger partial charge in [-0.1, -0.05) is 19.8 Å². The smallest absolute Gasteiger partial charge is 0.293 e. The number of nitro benzene ring substituents is 1. The van der Waals surface area contributed by atoms with Crippen LogP contribution in [0.1, 0.15) is 62.2 Å². The zero-order valence-corrected chi connectivity index (χ0v) is 16.9. The van der Waals surface area contributed by atoms with Gasteiger partial charge in [0.25, 0.3) is 11.6 Å². The summed E-state index contributed by atoms with van der Waals surface area (Å²) in [4.78, 5) is 27.7. The van der Waals surface area contributed by atoms with Crippen molar-refractivity contribution in [3.8, 4) is 0 Å². The average Bonchev–Trinajstić information content (AvgIpc) is 2.98. The summed E-state index contributed by atoms with van der Waals surface area (Å²) in [7, 11) is 0. The van der Waals surface area contributed by atoms with E-state index in [0.717, 1.165) is 51.9 Å². The maximum Gasteiger partial charge on any atom is 0.293 e. The number of carbonyl (C=O) groups is 1. The first kappa shape index (κ1) is 20.6. The molecule has 154 valence electrons. The summed E-state index contributed by atoms with van der Waals surface area (Å²) < 4.78 is 0. The second kappa shape index (κ2) is 9.87. The molecule has 2 heterocycles. The number of hydrogen-bond donors (Lipinski definition) is 2. The van der Waals surface area contributed by atoms with Crippen LogP contribution in [0.25, 0.3) is 0 Å². The normalized spacial score (nSPS) is 23.1. The first-order chi connectivity index (χ1) is 13.6. The predicted octanol–water partition coefficient (Wildman–Crippen LogP) is 2.16. The lowest BCUT2D eigenvalue weighted by Gasteiger charge is -2.29. The third kappa shape index (κ3) is 5.22. The number of carbonyl (C=O) groups excluding carboxylic acids is 1. The highest BCUT2D eigenvalue weighted by Crippen LogP contribution is 2.31. The van der Waals surface area contributed by atoms with Crippen LogP contribution in [0.2, 0.25) is 0 Å². The van der Waals surface area contributed by atoms with Crippen LogP contribution >= 0.6 is 0 Å². The van der Waals surface area contributed by atoms with E-state index in [0.29, 0.717) is 11.3 Å². The van der Waals surface area contributed by atoms with E-state index in [2.05, 4.69) is 17.1 Å². The number of amides is 1. The Morgan fingerprint density at radius 2 is 1.89 bits per heavy atom. The molecular formula is C21H33N4O3+. The third-order valence-electron chi connectivity index (χ3n) is 6.01. The van der Waals surface area contributed by atoms with E-state index in [-0.39, 0.29) is 22.6 Å². The minimum absolute atomic E-state index is 0.0387. The minimum Gasteiger partial charge on any atom is -0.366 e. The topological polar surface area (TPSA) is 79.9 Å². The van der Waals surface area contributed by atoms with E-state index in [1.807, 2.05) is 0 Å². The molecule has 2 aliphatic rings. The zero-order valence-electron chi connectivity index (χ0n) is 16.9. The molecule has 1 amide bonds. The zero-order chi connectivity index (χ0) is 19.9. The van der Waals surface area contributed by atoms with Crippen LogP contribution in [0.3, 0.4) is 0 Å². The molecule has 0 unspecified atom stereocenters. The summed E-state index contributed by atoms with van der Waals surface area (Å²) in [6, 6.07) is 5.11. The lowest BCUT2D eigenvalue weighted by Crippen LogP contribution is -3.13. The molecule has 1 aromatic rings. The van der Waals surface area contributed by atoms with E-state index in [9.17, 15) is 14.9 Å². The van der Waals surface area contributed by atoms with Crippen molar-refractivity contribution in [2.75, 3.05) is 37.6 Å². The molecule has 2 saturated heterocycles. The molecule has 0 spiro atoms. The highest BCUT2D eigenvalue weighted by molar-refractivity contribution is 5.96. The summed E-state index contributed by atoms with van der Waals surface area (Å²) in [5.41, 5.74) is 1.06. The van der Waals surface area contributed by atoms with Crippen molar-refractivity contribution < 1.29 is 14.6 Å². The van der Waals surface area contributed by atoms with Gasteiger partial charge >= 0.3 is 0 Å². The molecule has 2 fully saturated rings.